The van der Waals surface area contributed by atoms with Gasteiger partial charge in [-0.1, -0.05) is 12.1 Å². The maximum atomic E-state index is 9.84. The Morgan fingerprint density at radius 2 is 1.90 bits per heavy atom. The van der Waals surface area contributed by atoms with Gasteiger partial charge >= 0.3 is 0 Å². The van der Waals surface area contributed by atoms with Crippen molar-refractivity contribution in [2.24, 2.45) is 0 Å². The van der Waals surface area contributed by atoms with Gasteiger partial charge in [-0.15, -0.1) is 0 Å². The topological polar surface area (TPSA) is 53.2 Å². The summed E-state index contributed by atoms with van der Waals surface area (Å²) in [6, 6.07) is 13.5. The second-order valence-corrected chi connectivity index (χ2v) is 6.64. The number of aromatic hydroxyl groups is 1. The summed E-state index contributed by atoms with van der Waals surface area (Å²) in [5.74, 6) is 0.510. The number of nitriles is 1. The van der Waals surface area contributed by atoms with Crippen LogP contribution in [0.2, 0.25) is 0 Å². The number of phenols is 1. The SMILES string of the molecule is COc1cc(/C=C(/C#N)c2ccc(I)cc2)cc(I)c1O. The molecule has 0 bridgehead atoms. The number of nitrogens with zero attached hydrogens (tertiary/aromatic N) is 1. The molecular formula is C16H11I2NO2. The molecule has 0 aliphatic heterocycles. The summed E-state index contributed by atoms with van der Waals surface area (Å²) in [6.45, 7) is 0. The van der Waals surface area contributed by atoms with Crippen molar-refractivity contribution in [1.82, 2.24) is 0 Å². The number of hydrogen-bond donors (Lipinski definition) is 1. The van der Waals surface area contributed by atoms with Gasteiger partial charge < -0.3 is 9.84 Å². The van der Waals surface area contributed by atoms with E-state index in [9.17, 15) is 10.4 Å². The van der Waals surface area contributed by atoms with Crippen molar-refractivity contribution in [1.29, 1.82) is 5.26 Å². The van der Waals surface area contributed by atoms with Crippen molar-refractivity contribution in [3.05, 3.63) is 54.7 Å². The van der Waals surface area contributed by atoms with E-state index < -0.39 is 0 Å². The average Bonchev–Trinajstić information content (AvgIpc) is 2.49. The van der Waals surface area contributed by atoms with E-state index >= 15 is 0 Å². The van der Waals surface area contributed by atoms with Crippen molar-refractivity contribution >= 4 is 56.8 Å². The first-order valence-corrected chi connectivity index (χ1v) is 8.15. The standard InChI is InChI=1S/C16H11I2NO2/c1-21-15-8-10(7-14(18)16(15)20)6-12(9-19)11-2-4-13(17)5-3-11/h2-8,20H,1H3/b12-6-. The minimum atomic E-state index is 0.114. The number of ether oxygens (including phenoxy) is 1. The van der Waals surface area contributed by atoms with Gasteiger partial charge in [-0.3, -0.25) is 0 Å². The van der Waals surface area contributed by atoms with E-state index in [2.05, 4.69) is 28.7 Å². The molecule has 1 N–H and O–H groups in total. The van der Waals surface area contributed by atoms with Crippen LogP contribution in [0.5, 0.6) is 11.5 Å². The smallest absolute Gasteiger partial charge is 0.171 e. The fourth-order valence-corrected chi connectivity index (χ4v) is 2.79. The highest BCUT2D eigenvalue weighted by atomic mass is 127. The molecule has 0 unspecified atom stereocenters. The fraction of sp³-hybridized carbons (Fsp3) is 0.0625. The quantitative estimate of drug-likeness (QED) is 0.377. The number of rotatable bonds is 3. The molecule has 0 radical (unpaired) electrons. The fourth-order valence-electron chi connectivity index (χ4n) is 1.81. The third-order valence-corrected chi connectivity index (χ3v) is 4.40. The zero-order valence-electron chi connectivity index (χ0n) is 11.1. The lowest BCUT2D eigenvalue weighted by Gasteiger charge is -2.07. The van der Waals surface area contributed by atoms with Gasteiger partial charge in [-0.25, -0.2) is 0 Å². The van der Waals surface area contributed by atoms with Crippen molar-refractivity contribution in [2.45, 2.75) is 0 Å². The van der Waals surface area contributed by atoms with Crippen LogP contribution in [0.3, 0.4) is 0 Å². The largest absolute Gasteiger partial charge is 0.504 e. The van der Waals surface area contributed by atoms with Crippen LogP contribution >= 0.6 is 45.2 Å². The molecule has 0 atom stereocenters. The Morgan fingerprint density at radius 3 is 2.48 bits per heavy atom. The third kappa shape index (κ3) is 3.89. The van der Waals surface area contributed by atoms with Crippen LogP contribution in [0.15, 0.2) is 36.4 Å². The Balaban J connectivity index is 2.48. The minimum Gasteiger partial charge on any atom is -0.504 e. The van der Waals surface area contributed by atoms with Gasteiger partial charge in [0.25, 0.3) is 0 Å². The molecule has 3 nitrogen and oxygen atoms in total. The highest BCUT2D eigenvalue weighted by Crippen LogP contribution is 2.33. The molecule has 0 aliphatic carbocycles. The Labute approximate surface area is 150 Å². The van der Waals surface area contributed by atoms with Crippen molar-refractivity contribution in [3.63, 3.8) is 0 Å². The summed E-state index contributed by atoms with van der Waals surface area (Å²) < 4.78 is 6.93. The molecule has 2 rings (SSSR count). The molecule has 0 heterocycles. The van der Waals surface area contributed by atoms with Gasteiger partial charge in [0, 0.05) is 3.57 Å². The first-order chi connectivity index (χ1) is 10.0. The van der Waals surface area contributed by atoms with E-state index in [1.165, 1.54) is 7.11 Å². The summed E-state index contributed by atoms with van der Waals surface area (Å²) in [6.07, 6.45) is 1.78. The minimum absolute atomic E-state index is 0.114. The van der Waals surface area contributed by atoms with Crippen LogP contribution in [0.4, 0.5) is 0 Å². The Kier molecular flexibility index (Phi) is 5.47. The highest BCUT2D eigenvalue weighted by molar-refractivity contribution is 14.1. The number of halogens is 2. The van der Waals surface area contributed by atoms with Gasteiger partial charge in [0.15, 0.2) is 11.5 Å². The number of allylic oxidation sites excluding steroid dienone is 1. The average molecular weight is 503 g/mol. The van der Waals surface area contributed by atoms with Crippen LogP contribution in [-0.2, 0) is 0 Å². The van der Waals surface area contributed by atoms with Crippen LogP contribution < -0.4 is 4.74 Å². The molecule has 0 saturated heterocycles. The Morgan fingerprint density at radius 1 is 1.24 bits per heavy atom. The second-order valence-electron chi connectivity index (χ2n) is 4.23. The van der Waals surface area contributed by atoms with Crippen LogP contribution in [-0.4, -0.2) is 12.2 Å². The second kappa shape index (κ2) is 7.13. The summed E-state index contributed by atoms with van der Waals surface area (Å²) in [5.41, 5.74) is 2.24. The number of benzene rings is 2. The number of phenolic OH excluding ortho intramolecular Hbond substituents is 1. The number of methoxy groups -OCH3 is 1. The van der Waals surface area contributed by atoms with Crippen molar-refractivity contribution in [3.8, 4) is 17.6 Å². The van der Waals surface area contributed by atoms with Gasteiger partial charge in [0.2, 0.25) is 0 Å². The maximum absolute atomic E-state index is 9.84. The lowest BCUT2D eigenvalue weighted by atomic mass is 10.0. The van der Waals surface area contributed by atoms with E-state index in [0.29, 0.717) is 14.9 Å². The van der Waals surface area contributed by atoms with Gasteiger partial charge in [0.1, 0.15) is 0 Å². The lowest BCUT2D eigenvalue weighted by molar-refractivity contribution is 0.371. The van der Waals surface area contributed by atoms with E-state index in [0.717, 1.165) is 14.7 Å². The van der Waals surface area contributed by atoms with Gasteiger partial charge in [-0.05, 0) is 86.7 Å². The maximum Gasteiger partial charge on any atom is 0.171 e. The molecule has 0 saturated carbocycles. The molecule has 0 spiro atoms. The molecule has 0 aromatic heterocycles. The van der Waals surface area contributed by atoms with E-state index in [-0.39, 0.29) is 5.75 Å². The normalized spacial score (nSPS) is 11.0. The monoisotopic (exact) mass is 503 g/mol. The summed E-state index contributed by atoms with van der Waals surface area (Å²) in [5, 5.41) is 19.2. The van der Waals surface area contributed by atoms with E-state index in [1.807, 2.05) is 52.9 Å². The molecule has 0 fully saturated rings. The highest BCUT2D eigenvalue weighted by Gasteiger charge is 2.09. The van der Waals surface area contributed by atoms with E-state index in [4.69, 9.17) is 4.74 Å². The summed E-state index contributed by atoms with van der Waals surface area (Å²) >= 11 is 4.26. The Hall–Kier alpha value is -1.27. The predicted molar refractivity (Wildman–Crippen MR) is 100 cm³/mol. The molecule has 0 aliphatic rings. The summed E-state index contributed by atoms with van der Waals surface area (Å²) in [7, 11) is 1.50. The molecule has 2 aromatic rings. The van der Waals surface area contributed by atoms with Gasteiger partial charge in [0.05, 0.1) is 22.3 Å². The predicted octanol–water partition coefficient (Wildman–Crippen LogP) is 4.67. The molecule has 106 valence electrons. The third-order valence-electron chi connectivity index (χ3n) is 2.86. The van der Waals surface area contributed by atoms with Crippen molar-refractivity contribution in [2.75, 3.05) is 7.11 Å². The van der Waals surface area contributed by atoms with Crippen molar-refractivity contribution < 1.29 is 9.84 Å². The summed E-state index contributed by atoms with van der Waals surface area (Å²) in [4.78, 5) is 0. The molecule has 2 aromatic carbocycles. The van der Waals surface area contributed by atoms with Crippen LogP contribution in [0.25, 0.3) is 11.6 Å². The zero-order valence-corrected chi connectivity index (χ0v) is 15.4. The first kappa shape index (κ1) is 16.1. The Bertz CT molecular complexity index is 731. The van der Waals surface area contributed by atoms with Gasteiger partial charge in [-0.2, -0.15) is 5.26 Å². The first-order valence-electron chi connectivity index (χ1n) is 5.99. The van der Waals surface area contributed by atoms with Crippen LogP contribution in [0, 0.1) is 18.5 Å². The molecular weight excluding hydrogens is 492 g/mol. The molecule has 5 heteroatoms. The van der Waals surface area contributed by atoms with Crippen LogP contribution in [0.1, 0.15) is 11.1 Å². The molecule has 21 heavy (non-hydrogen) atoms. The number of hydrogen-bond acceptors (Lipinski definition) is 3. The zero-order chi connectivity index (χ0) is 15.4. The lowest BCUT2D eigenvalue weighted by Crippen LogP contribution is -1.88. The molecule has 0 amide bonds. The van der Waals surface area contributed by atoms with E-state index in [1.54, 1.807) is 12.1 Å².